The molecular formula is C35H51N3O8SSi. The molecule has 2 atom stereocenters. The molecule has 0 radical (unpaired) electrons. The first-order valence-electron chi connectivity index (χ1n) is 16.4. The molecule has 13 heteroatoms. The number of likely N-dealkylation sites (N-methyl/N-ethyl adjacent to an activating group) is 1. The lowest BCUT2D eigenvalue weighted by Crippen LogP contribution is -2.45. The topological polar surface area (TPSA) is 132 Å². The van der Waals surface area contributed by atoms with Crippen molar-refractivity contribution in [1.82, 2.24) is 9.80 Å². The van der Waals surface area contributed by atoms with Gasteiger partial charge in [-0.25, -0.2) is 13.2 Å². The van der Waals surface area contributed by atoms with Crippen LogP contribution in [0.4, 0.5) is 5.69 Å². The normalized spacial score (nSPS) is 18.9. The number of carbonyl (C=O) groups is 3. The van der Waals surface area contributed by atoms with Crippen LogP contribution in [0.3, 0.4) is 0 Å². The maximum absolute atomic E-state index is 13.8. The number of benzene rings is 2. The molecule has 264 valence electrons. The van der Waals surface area contributed by atoms with E-state index in [1.54, 1.807) is 50.9 Å². The summed E-state index contributed by atoms with van der Waals surface area (Å²) < 4.78 is 42.9. The van der Waals surface area contributed by atoms with E-state index in [2.05, 4.69) is 44.1 Å². The number of likely N-dealkylation sites (tertiary alicyclic amines) is 1. The lowest BCUT2D eigenvalue weighted by molar-refractivity contribution is -0.157. The Bertz CT molecular complexity index is 1630. The fourth-order valence-corrected chi connectivity index (χ4v) is 8.31. The number of hydrogen-bond acceptors (Lipinski definition) is 9. The van der Waals surface area contributed by atoms with Crippen LogP contribution in [0.1, 0.15) is 65.1 Å². The summed E-state index contributed by atoms with van der Waals surface area (Å²) in [6, 6.07) is 11.6. The van der Waals surface area contributed by atoms with Crippen LogP contribution in [0.5, 0.6) is 5.75 Å². The Labute approximate surface area is 286 Å². The third-order valence-electron chi connectivity index (χ3n) is 9.14. The molecule has 2 heterocycles. The van der Waals surface area contributed by atoms with Gasteiger partial charge in [0.2, 0.25) is 11.8 Å². The van der Waals surface area contributed by atoms with Gasteiger partial charge in [-0.3, -0.25) is 14.5 Å². The maximum atomic E-state index is 13.8. The molecule has 0 bridgehead atoms. The summed E-state index contributed by atoms with van der Waals surface area (Å²) in [5, 5.41) is 2.71. The first kappa shape index (κ1) is 37.6. The van der Waals surface area contributed by atoms with Crippen molar-refractivity contribution in [1.29, 1.82) is 0 Å². The average Bonchev–Trinajstić information content (AvgIpc) is 3.38. The van der Waals surface area contributed by atoms with E-state index in [0.29, 0.717) is 17.9 Å². The van der Waals surface area contributed by atoms with Gasteiger partial charge in [0.1, 0.15) is 17.1 Å². The average molecular weight is 702 g/mol. The Hall–Kier alpha value is -3.26. The smallest absolute Gasteiger partial charge is 0.344 e. The van der Waals surface area contributed by atoms with Crippen LogP contribution >= 0.6 is 0 Å². The Kier molecular flexibility index (Phi) is 11.2. The predicted octanol–water partition coefficient (Wildman–Crippen LogP) is 4.97. The van der Waals surface area contributed by atoms with Gasteiger partial charge in [0, 0.05) is 26.7 Å². The van der Waals surface area contributed by atoms with Crippen molar-refractivity contribution in [3.63, 3.8) is 0 Å². The Morgan fingerprint density at radius 1 is 1.08 bits per heavy atom. The summed E-state index contributed by atoms with van der Waals surface area (Å²) in [7, 11) is -3.93. The Morgan fingerprint density at radius 2 is 1.79 bits per heavy atom. The number of nitrogens with zero attached hydrogens (tertiary/aromatic N) is 2. The van der Waals surface area contributed by atoms with Crippen molar-refractivity contribution in [3.8, 4) is 5.75 Å². The molecule has 0 aromatic heterocycles. The molecule has 0 spiro atoms. The van der Waals surface area contributed by atoms with E-state index in [-0.39, 0.29) is 46.7 Å². The molecule has 0 unspecified atom stereocenters. The molecule has 1 N–H and O–H groups in total. The highest BCUT2D eigenvalue weighted by Gasteiger charge is 2.41. The monoisotopic (exact) mass is 701 g/mol. The number of rotatable bonds is 11. The number of nitrogens with one attached hydrogen (secondary N) is 1. The Balaban J connectivity index is 1.55. The van der Waals surface area contributed by atoms with Crippen molar-refractivity contribution in [2.45, 2.75) is 95.2 Å². The fourth-order valence-electron chi connectivity index (χ4n) is 5.64. The fraction of sp³-hybridized carbons (Fsp3) is 0.571. The maximum Gasteiger partial charge on any atom is 0.344 e. The highest BCUT2D eigenvalue weighted by molar-refractivity contribution is 7.92. The SMILES string of the molecule is CN(C(=O)Cc1ccc2c(c1)NC(=O)CS2(=O)=O)[C@H](CN1CC[C@H](O[Si](C)(C)C(C)(C)C)C1)c1cccc(OCC(=O)OC(C)(C)C)c1. The molecule has 2 aliphatic heterocycles. The van der Waals surface area contributed by atoms with E-state index < -0.39 is 41.4 Å². The lowest BCUT2D eigenvalue weighted by Gasteiger charge is -2.38. The van der Waals surface area contributed by atoms with Crippen molar-refractivity contribution in [2.24, 2.45) is 0 Å². The third kappa shape index (κ3) is 9.67. The molecule has 48 heavy (non-hydrogen) atoms. The van der Waals surface area contributed by atoms with E-state index in [9.17, 15) is 22.8 Å². The van der Waals surface area contributed by atoms with Gasteiger partial charge in [-0.1, -0.05) is 39.0 Å². The molecular weight excluding hydrogens is 651 g/mol. The van der Waals surface area contributed by atoms with Gasteiger partial charge < -0.3 is 24.1 Å². The zero-order chi connectivity index (χ0) is 35.7. The van der Waals surface area contributed by atoms with Crippen LogP contribution in [0.25, 0.3) is 0 Å². The van der Waals surface area contributed by atoms with Crippen molar-refractivity contribution < 1.29 is 36.7 Å². The summed E-state index contributed by atoms with van der Waals surface area (Å²) >= 11 is 0. The number of ether oxygens (including phenoxy) is 2. The Morgan fingerprint density at radius 3 is 2.46 bits per heavy atom. The number of amides is 2. The van der Waals surface area contributed by atoms with Crippen LogP contribution in [-0.4, -0.2) is 95.1 Å². The van der Waals surface area contributed by atoms with Gasteiger partial charge in [-0.2, -0.15) is 0 Å². The molecule has 0 saturated carbocycles. The molecule has 1 fully saturated rings. The van der Waals surface area contributed by atoms with E-state index in [0.717, 1.165) is 25.1 Å². The summed E-state index contributed by atoms with van der Waals surface area (Å²) in [6.45, 7) is 18.5. The van der Waals surface area contributed by atoms with E-state index in [4.69, 9.17) is 13.9 Å². The summed E-state index contributed by atoms with van der Waals surface area (Å²) in [5.74, 6) is -1.37. The minimum Gasteiger partial charge on any atom is -0.482 e. The number of esters is 1. The minimum absolute atomic E-state index is 0.00212. The highest BCUT2D eigenvalue weighted by atomic mass is 32.2. The first-order valence-corrected chi connectivity index (χ1v) is 21.0. The number of anilines is 1. The van der Waals surface area contributed by atoms with Crippen LogP contribution in [-0.2, 0) is 39.8 Å². The van der Waals surface area contributed by atoms with Gasteiger partial charge in [0.05, 0.1) is 29.1 Å². The minimum atomic E-state index is -3.73. The number of sulfone groups is 1. The quantitative estimate of drug-likeness (QED) is 0.255. The highest BCUT2D eigenvalue weighted by Crippen LogP contribution is 2.38. The lowest BCUT2D eigenvalue weighted by atomic mass is 10.0. The second-order valence-corrected chi connectivity index (χ2v) is 22.0. The molecule has 1 saturated heterocycles. The van der Waals surface area contributed by atoms with Crippen molar-refractivity contribution >= 4 is 41.6 Å². The van der Waals surface area contributed by atoms with Gasteiger partial charge in [0.25, 0.3) is 0 Å². The zero-order valence-corrected chi connectivity index (χ0v) is 31.5. The molecule has 0 aliphatic carbocycles. The van der Waals surface area contributed by atoms with Gasteiger partial charge in [-0.05, 0) is 80.7 Å². The summed E-state index contributed by atoms with van der Waals surface area (Å²) in [6.07, 6.45) is 1.01. The van der Waals surface area contributed by atoms with Crippen LogP contribution in [0.2, 0.25) is 18.1 Å². The summed E-state index contributed by atoms with van der Waals surface area (Å²) in [5.41, 5.74) is 0.983. The molecule has 2 aromatic rings. The van der Waals surface area contributed by atoms with E-state index >= 15 is 0 Å². The van der Waals surface area contributed by atoms with Crippen LogP contribution < -0.4 is 10.1 Å². The van der Waals surface area contributed by atoms with Crippen molar-refractivity contribution in [3.05, 3.63) is 53.6 Å². The second kappa shape index (κ2) is 14.3. The van der Waals surface area contributed by atoms with Crippen molar-refractivity contribution in [2.75, 3.05) is 44.4 Å². The van der Waals surface area contributed by atoms with Gasteiger partial charge >= 0.3 is 5.97 Å². The molecule has 2 aromatic carbocycles. The predicted molar refractivity (Wildman–Crippen MR) is 187 cm³/mol. The zero-order valence-electron chi connectivity index (χ0n) is 29.7. The number of carbonyl (C=O) groups excluding carboxylic acids is 3. The molecule has 4 rings (SSSR count). The molecule has 2 aliphatic rings. The number of fused-ring (bicyclic) bond motifs is 1. The third-order valence-corrected chi connectivity index (χ3v) is 15.3. The first-order chi connectivity index (χ1) is 22.1. The largest absolute Gasteiger partial charge is 0.482 e. The standard InChI is InChI=1S/C35H51N3O8SSi/c1-34(2,3)45-33(41)22-44-26-12-10-11-25(19-26)29(21-38-16-15-27(20-38)46-48(8,9)35(4,5)6)37(7)32(40)18-24-13-14-30-28(17-24)36-31(39)23-47(30,42)43/h10-14,17,19,27,29H,15-16,18,20-23H2,1-9H3,(H,36,39)/t27-,29+/m0/s1. The van der Waals surface area contributed by atoms with E-state index in [1.807, 2.05) is 18.2 Å². The second-order valence-electron chi connectivity index (χ2n) is 15.3. The molecule has 2 amide bonds. The van der Waals surface area contributed by atoms with Crippen LogP contribution in [0, 0.1) is 0 Å². The molecule has 11 nitrogen and oxygen atoms in total. The van der Waals surface area contributed by atoms with Crippen LogP contribution in [0.15, 0.2) is 47.4 Å². The van der Waals surface area contributed by atoms with Gasteiger partial charge in [0.15, 0.2) is 24.8 Å². The van der Waals surface area contributed by atoms with E-state index in [1.165, 1.54) is 6.07 Å². The number of hydrogen-bond donors (Lipinski definition) is 1. The summed E-state index contributed by atoms with van der Waals surface area (Å²) in [4.78, 5) is 42.2. The van der Waals surface area contributed by atoms with Gasteiger partial charge in [-0.15, -0.1) is 0 Å².